The van der Waals surface area contributed by atoms with Crippen LogP contribution >= 0.6 is 23.2 Å². The Morgan fingerprint density at radius 3 is 2.42 bits per heavy atom. The summed E-state index contributed by atoms with van der Waals surface area (Å²) in [5.41, 5.74) is 0.505. The quantitative estimate of drug-likeness (QED) is 0.625. The first kappa shape index (κ1) is 20.9. The van der Waals surface area contributed by atoms with E-state index in [0.29, 0.717) is 36.0 Å². The van der Waals surface area contributed by atoms with Crippen molar-refractivity contribution in [3.05, 3.63) is 64.4 Å². The van der Waals surface area contributed by atoms with Gasteiger partial charge in [-0.1, -0.05) is 35.3 Å². The van der Waals surface area contributed by atoms with Gasteiger partial charge in [0.25, 0.3) is 0 Å². The van der Waals surface area contributed by atoms with E-state index in [2.05, 4.69) is 19.8 Å². The number of rotatable bonds is 3. The molecule has 162 valence electrons. The molecule has 2 aliphatic heterocycles. The van der Waals surface area contributed by atoms with Crippen LogP contribution < -0.4 is 4.90 Å². The number of likely N-dealkylation sites (tertiary alicyclic amines) is 1. The number of aliphatic hydroxyl groups excluding tert-OH is 1. The van der Waals surface area contributed by atoms with Gasteiger partial charge in [0, 0.05) is 35.1 Å². The Hall–Kier alpha value is -1.96. The maximum atomic E-state index is 12.0. The first-order valence-corrected chi connectivity index (χ1v) is 11.3. The maximum absolute atomic E-state index is 12.0. The van der Waals surface area contributed by atoms with Crippen molar-refractivity contribution in [2.45, 2.75) is 30.6 Å². The number of halogens is 2. The summed E-state index contributed by atoms with van der Waals surface area (Å²) in [7, 11) is 0. The molecule has 2 aliphatic rings. The molecule has 1 aromatic heterocycles. The topological polar surface area (TPSA) is 72.7 Å². The number of fused-ring (bicyclic) bond motifs is 1. The van der Waals surface area contributed by atoms with Crippen LogP contribution in [0.25, 0.3) is 10.9 Å². The Labute approximate surface area is 191 Å². The molecule has 2 N–H and O–H groups in total. The van der Waals surface area contributed by atoms with E-state index in [1.54, 1.807) is 6.33 Å². The van der Waals surface area contributed by atoms with Crippen molar-refractivity contribution in [1.82, 2.24) is 14.9 Å². The zero-order chi connectivity index (χ0) is 21.6. The van der Waals surface area contributed by atoms with Crippen molar-refractivity contribution in [1.29, 1.82) is 0 Å². The number of piperidine rings is 1. The number of β-amino-alcohol motifs (C(OH)–C–C–N with tert-alkyl or cyclic N) is 1. The van der Waals surface area contributed by atoms with E-state index in [1.807, 2.05) is 42.5 Å². The van der Waals surface area contributed by atoms with Gasteiger partial charge in [-0.05, 0) is 48.7 Å². The predicted molar refractivity (Wildman–Crippen MR) is 123 cm³/mol. The van der Waals surface area contributed by atoms with Gasteiger partial charge < -0.3 is 15.1 Å². The molecular formula is C23H24Cl2N4O2. The fourth-order valence-electron chi connectivity index (χ4n) is 4.89. The number of benzene rings is 2. The average molecular weight is 459 g/mol. The number of aliphatic hydroxyl groups is 2. The van der Waals surface area contributed by atoms with Gasteiger partial charge in [-0.25, -0.2) is 9.97 Å². The molecule has 6 nitrogen and oxygen atoms in total. The minimum absolute atomic E-state index is 0.140. The molecule has 2 fully saturated rings. The fourth-order valence-corrected chi connectivity index (χ4v) is 5.18. The van der Waals surface area contributed by atoms with E-state index in [0.717, 1.165) is 35.4 Å². The van der Waals surface area contributed by atoms with E-state index in [-0.39, 0.29) is 12.1 Å². The molecule has 0 spiro atoms. The molecule has 2 atom stereocenters. The van der Waals surface area contributed by atoms with Crippen LogP contribution in [-0.2, 0) is 5.60 Å². The second-order valence-electron chi connectivity index (χ2n) is 8.45. The predicted octanol–water partition coefficient (Wildman–Crippen LogP) is 3.47. The minimum Gasteiger partial charge on any atom is -0.393 e. The molecule has 3 heterocycles. The Balaban J connectivity index is 1.55. The summed E-state index contributed by atoms with van der Waals surface area (Å²) in [5, 5.41) is 24.2. The number of hydrogen-bond donors (Lipinski definition) is 2. The molecule has 0 saturated carbocycles. The van der Waals surface area contributed by atoms with Gasteiger partial charge in [-0.3, -0.25) is 4.90 Å². The Bertz CT molecular complexity index is 1090. The highest BCUT2D eigenvalue weighted by molar-refractivity contribution is 6.31. The van der Waals surface area contributed by atoms with Crippen molar-refractivity contribution in [2.75, 3.05) is 31.1 Å². The van der Waals surface area contributed by atoms with Crippen molar-refractivity contribution >= 4 is 39.9 Å². The molecule has 8 heteroatoms. The third-order valence-corrected chi connectivity index (χ3v) is 7.02. The monoisotopic (exact) mass is 458 g/mol. The van der Waals surface area contributed by atoms with Gasteiger partial charge in [0.05, 0.1) is 24.2 Å². The first-order chi connectivity index (χ1) is 14.9. The second kappa shape index (κ2) is 8.19. The normalized spacial score (nSPS) is 25.4. The van der Waals surface area contributed by atoms with E-state index in [9.17, 15) is 10.2 Å². The molecule has 2 aromatic carbocycles. The van der Waals surface area contributed by atoms with Gasteiger partial charge in [0.2, 0.25) is 0 Å². The highest BCUT2D eigenvalue weighted by Gasteiger charge is 2.50. The Kier molecular flexibility index (Phi) is 5.52. The van der Waals surface area contributed by atoms with Crippen LogP contribution in [0.1, 0.15) is 18.4 Å². The van der Waals surface area contributed by atoms with Gasteiger partial charge >= 0.3 is 0 Å². The largest absolute Gasteiger partial charge is 0.393 e. The molecule has 0 bridgehead atoms. The van der Waals surface area contributed by atoms with Gasteiger partial charge in [-0.2, -0.15) is 0 Å². The highest BCUT2D eigenvalue weighted by atomic mass is 35.5. The average Bonchev–Trinajstić information content (AvgIpc) is 3.12. The molecule has 0 aliphatic carbocycles. The molecule has 2 saturated heterocycles. The summed E-state index contributed by atoms with van der Waals surface area (Å²) in [6.45, 7) is 2.50. The smallest absolute Gasteiger partial charge is 0.140 e. The van der Waals surface area contributed by atoms with E-state index >= 15 is 0 Å². The van der Waals surface area contributed by atoms with Gasteiger partial charge in [-0.15, -0.1) is 0 Å². The van der Waals surface area contributed by atoms with Crippen LogP contribution in [-0.4, -0.2) is 63.4 Å². The lowest BCUT2D eigenvalue weighted by Gasteiger charge is -2.40. The van der Waals surface area contributed by atoms with Crippen LogP contribution in [0.2, 0.25) is 10.0 Å². The second-order valence-corrected chi connectivity index (χ2v) is 9.33. The molecule has 3 aromatic rings. The third kappa shape index (κ3) is 3.88. The maximum Gasteiger partial charge on any atom is 0.140 e. The number of anilines is 1. The molecule has 0 amide bonds. The van der Waals surface area contributed by atoms with E-state index < -0.39 is 5.60 Å². The van der Waals surface area contributed by atoms with Gasteiger partial charge in [0.1, 0.15) is 17.7 Å². The van der Waals surface area contributed by atoms with Crippen LogP contribution in [0.5, 0.6) is 0 Å². The third-order valence-electron chi connectivity index (χ3n) is 6.54. The van der Waals surface area contributed by atoms with Crippen LogP contribution in [0, 0.1) is 0 Å². The van der Waals surface area contributed by atoms with Crippen molar-refractivity contribution in [2.24, 2.45) is 0 Å². The highest BCUT2D eigenvalue weighted by Crippen LogP contribution is 2.40. The number of hydrogen-bond acceptors (Lipinski definition) is 6. The SMILES string of the molecule is OC1CCN(C2CN(c3ncnc4cc(Cl)ccc34)CC2(O)c2ccc(Cl)cc2)CC1. The van der Waals surface area contributed by atoms with E-state index in [1.165, 1.54) is 0 Å². The van der Waals surface area contributed by atoms with E-state index in [4.69, 9.17) is 23.2 Å². The van der Waals surface area contributed by atoms with Crippen LogP contribution in [0.3, 0.4) is 0 Å². The lowest BCUT2D eigenvalue weighted by Crippen LogP contribution is -2.53. The van der Waals surface area contributed by atoms with Gasteiger partial charge in [0.15, 0.2) is 0 Å². The Morgan fingerprint density at radius 2 is 1.68 bits per heavy atom. The molecular weight excluding hydrogens is 435 g/mol. The lowest BCUT2D eigenvalue weighted by molar-refractivity contribution is -0.0384. The summed E-state index contributed by atoms with van der Waals surface area (Å²) >= 11 is 12.3. The number of nitrogens with zero attached hydrogens (tertiary/aromatic N) is 4. The zero-order valence-corrected chi connectivity index (χ0v) is 18.5. The molecule has 2 unspecified atom stereocenters. The fraction of sp³-hybridized carbons (Fsp3) is 0.391. The summed E-state index contributed by atoms with van der Waals surface area (Å²) in [6.07, 6.45) is 2.69. The van der Waals surface area contributed by atoms with Crippen molar-refractivity contribution in [3.63, 3.8) is 0 Å². The van der Waals surface area contributed by atoms with Crippen LogP contribution in [0.15, 0.2) is 48.8 Å². The van der Waals surface area contributed by atoms with Crippen LogP contribution in [0.4, 0.5) is 5.82 Å². The Morgan fingerprint density at radius 1 is 0.968 bits per heavy atom. The standard InChI is InChI=1S/C23H24Cl2N4O2/c24-16-3-1-15(2-4-16)23(31)13-29(12-21(23)28-9-7-18(30)8-10-28)22-19-6-5-17(25)11-20(19)26-14-27-22/h1-6,11,14,18,21,30-31H,7-10,12-13H2. The first-order valence-electron chi connectivity index (χ1n) is 10.5. The molecule has 0 radical (unpaired) electrons. The molecule has 5 rings (SSSR count). The van der Waals surface area contributed by atoms with Crippen molar-refractivity contribution in [3.8, 4) is 0 Å². The lowest BCUT2D eigenvalue weighted by atomic mass is 9.87. The molecule has 31 heavy (non-hydrogen) atoms. The summed E-state index contributed by atoms with van der Waals surface area (Å²) in [6, 6.07) is 12.9. The summed E-state index contributed by atoms with van der Waals surface area (Å²) in [4.78, 5) is 13.3. The summed E-state index contributed by atoms with van der Waals surface area (Å²) < 4.78 is 0. The number of aromatic nitrogens is 2. The summed E-state index contributed by atoms with van der Waals surface area (Å²) in [5.74, 6) is 0.786. The zero-order valence-electron chi connectivity index (χ0n) is 17.0. The minimum atomic E-state index is -1.10. The van der Waals surface area contributed by atoms with Crippen molar-refractivity contribution < 1.29 is 10.2 Å².